The molecule has 1 atom stereocenters. The smallest absolute Gasteiger partial charge is 0.202 e. The summed E-state index contributed by atoms with van der Waals surface area (Å²) in [5.74, 6) is 1.95. The minimum Gasteiger partial charge on any atom is -0.360 e. The van der Waals surface area contributed by atoms with E-state index in [1.807, 2.05) is 0 Å². The molecular weight excluding hydrogens is 220 g/mol. The fraction of sp³-hybridized carbons (Fsp3) is 0.818. The van der Waals surface area contributed by atoms with Crippen LogP contribution in [0.5, 0.6) is 0 Å². The lowest BCUT2D eigenvalue weighted by Gasteiger charge is -2.07. The Labute approximate surface area is 102 Å². The van der Waals surface area contributed by atoms with Crippen LogP contribution in [0, 0.1) is 5.92 Å². The van der Waals surface area contributed by atoms with Gasteiger partial charge in [-0.3, -0.25) is 0 Å². The molecular formula is C11H22N4S. The molecule has 0 aliphatic rings. The van der Waals surface area contributed by atoms with Crippen LogP contribution >= 0.6 is 11.5 Å². The van der Waals surface area contributed by atoms with Gasteiger partial charge >= 0.3 is 0 Å². The zero-order chi connectivity index (χ0) is 12.0. The zero-order valence-corrected chi connectivity index (χ0v) is 11.2. The van der Waals surface area contributed by atoms with Crippen molar-refractivity contribution in [1.29, 1.82) is 0 Å². The van der Waals surface area contributed by atoms with Crippen LogP contribution in [-0.4, -0.2) is 22.4 Å². The molecule has 1 unspecified atom stereocenters. The van der Waals surface area contributed by atoms with Crippen LogP contribution in [-0.2, 0) is 0 Å². The first-order valence-electron chi connectivity index (χ1n) is 5.91. The Morgan fingerprint density at radius 2 is 2.12 bits per heavy atom. The normalized spacial score (nSPS) is 13.1. The summed E-state index contributed by atoms with van der Waals surface area (Å²) in [7, 11) is 0. The predicted molar refractivity (Wildman–Crippen MR) is 69.9 cm³/mol. The fourth-order valence-electron chi connectivity index (χ4n) is 1.30. The van der Waals surface area contributed by atoms with Gasteiger partial charge in [0.15, 0.2) is 0 Å². The lowest BCUT2D eigenvalue weighted by molar-refractivity contribution is 0.529. The molecule has 0 spiro atoms. The maximum absolute atomic E-state index is 5.56. The van der Waals surface area contributed by atoms with Gasteiger partial charge in [-0.1, -0.05) is 20.8 Å². The van der Waals surface area contributed by atoms with Gasteiger partial charge in [0.05, 0.1) is 0 Å². The molecule has 1 aromatic heterocycles. The summed E-state index contributed by atoms with van der Waals surface area (Å²) in [5.41, 5.74) is 5.56. The topological polar surface area (TPSA) is 63.8 Å². The SMILES string of the molecule is CC(CN)CCCNc1nc(C(C)C)ns1. The Hall–Kier alpha value is -0.680. The van der Waals surface area contributed by atoms with Crippen LogP contribution in [0.2, 0.25) is 0 Å². The first kappa shape index (κ1) is 13.4. The number of hydrogen-bond acceptors (Lipinski definition) is 5. The minimum atomic E-state index is 0.407. The number of nitrogens with zero attached hydrogens (tertiary/aromatic N) is 2. The molecule has 0 bridgehead atoms. The van der Waals surface area contributed by atoms with Crippen molar-refractivity contribution in [2.45, 2.75) is 39.5 Å². The maximum atomic E-state index is 5.56. The van der Waals surface area contributed by atoms with Crippen LogP contribution in [0.4, 0.5) is 5.13 Å². The average molecular weight is 242 g/mol. The first-order chi connectivity index (χ1) is 7.63. The summed E-state index contributed by atoms with van der Waals surface area (Å²) in [6, 6.07) is 0. The number of rotatable bonds is 7. The summed E-state index contributed by atoms with van der Waals surface area (Å²) in [6.07, 6.45) is 2.30. The molecule has 1 rings (SSSR count). The van der Waals surface area contributed by atoms with Crippen molar-refractivity contribution in [1.82, 2.24) is 9.36 Å². The third-order valence-corrected chi connectivity index (χ3v) is 3.20. The molecule has 3 N–H and O–H groups in total. The average Bonchev–Trinajstić information content (AvgIpc) is 2.72. The summed E-state index contributed by atoms with van der Waals surface area (Å²) in [6.45, 7) is 8.12. The van der Waals surface area contributed by atoms with Crippen molar-refractivity contribution < 1.29 is 0 Å². The quantitative estimate of drug-likeness (QED) is 0.721. The highest BCUT2D eigenvalue weighted by Gasteiger charge is 2.06. The molecule has 0 aliphatic heterocycles. The molecule has 0 saturated carbocycles. The molecule has 16 heavy (non-hydrogen) atoms. The Balaban J connectivity index is 2.21. The second-order valence-electron chi connectivity index (χ2n) is 4.52. The Morgan fingerprint density at radius 1 is 1.38 bits per heavy atom. The van der Waals surface area contributed by atoms with E-state index < -0.39 is 0 Å². The van der Waals surface area contributed by atoms with Crippen LogP contribution in [0.25, 0.3) is 0 Å². The highest BCUT2D eigenvalue weighted by atomic mass is 32.1. The summed E-state index contributed by atoms with van der Waals surface area (Å²) in [4.78, 5) is 4.42. The van der Waals surface area contributed by atoms with E-state index in [4.69, 9.17) is 5.73 Å². The highest BCUT2D eigenvalue weighted by Crippen LogP contribution is 2.17. The summed E-state index contributed by atoms with van der Waals surface area (Å²) >= 11 is 1.45. The van der Waals surface area contributed by atoms with E-state index in [-0.39, 0.29) is 0 Å². The van der Waals surface area contributed by atoms with Gasteiger partial charge in [0.2, 0.25) is 5.13 Å². The number of anilines is 1. The van der Waals surface area contributed by atoms with Crippen LogP contribution in [0.1, 0.15) is 45.4 Å². The van der Waals surface area contributed by atoms with Crippen molar-refractivity contribution in [2.24, 2.45) is 11.7 Å². The number of nitrogens with one attached hydrogen (secondary N) is 1. The molecule has 92 valence electrons. The van der Waals surface area contributed by atoms with Gasteiger partial charge < -0.3 is 11.1 Å². The van der Waals surface area contributed by atoms with E-state index in [2.05, 4.69) is 35.4 Å². The molecule has 4 nitrogen and oxygen atoms in total. The van der Waals surface area contributed by atoms with Crippen LogP contribution in [0.3, 0.4) is 0 Å². The molecule has 0 aromatic carbocycles. The molecule has 1 aromatic rings. The number of aromatic nitrogens is 2. The van der Waals surface area contributed by atoms with E-state index in [9.17, 15) is 0 Å². The maximum Gasteiger partial charge on any atom is 0.202 e. The van der Waals surface area contributed by atoms with E-state index in [1.54, 1.807) is 0 Å². The van der Waals surface area contributed by atoms with Crippen LogP contribution < -0.4 is 11.1 Å². The molecule has 0 radical (unpaired) electrons. The van der Waals surface area contributed by atoms with Gasteiger partial charge in [-0.25, -0.2) is 4.98 Å². The van der Waals surface area contributed by atoms with Gasteiger partial charge in [-0.15, -0.1) is 0 Å². The first-order valence-corrected chi connectivity index (χ1v) is 6.68. The van der Waals surface area contributed by atoms with E-state index in [0.29, 0.717) is 11.8 Å². The molecule has 5 heteroatoms. The molecule has 1 heterocycles. The van der Waals surface area contributed by atoms with Gasteiger partial charge in [0, 0.05) is 24.0 Å². The third-order valence-electron chi connectivity index (χ3n) is 2.51. The second kappa shape index (κ2) is 6.81. The van der Waals surface area contributed by atoms with Crippen LogP contribution in [0.15, 0.2) is 0 Å². The molecule has 0 fully saturated rings. The lowest BCUT2D eigenvalue weighted by atomic mass is 10.1. The van der Waals surface area contributed by atoms with E-state index in [1.165, 1.54) is 18.0 Å². The molecule has 0 aliphatic carbocycles. The Kier molecular flexibility index (Phi) is 5.69. The number of hydrogen-bond donors (Lipinski definition) is 2. The lowest BCUT2D eigenvalue weighted by Crippen LogP contribution is -2.12. The predicted octanol–water partition coefficient (Wildman–Crippen LogP) is 2.45. The third kappa shape index (κ3) is 4.45. The fourth-order valence-corrected chi connectivity index (χ4v) is 2.04. The Morgan fingerprint density at radius 3 is 2.69 bits per heavy atom. The second-order valence-corrected chi connectivity index (χ2v) is 5.27. The summed E-state index contributed by atoms with van der Waals surface area (Å²) < 4.78 is 4.29. The standard InChI is InChI=1S/C11H22N4S/c1-8(2)10-14-11(16-15-10)13-6-4-5-9(3)7-12/h8-9H,4-7,12H2,1-3H3,(H,13,14,15). The number of nitrogens with two attached hydrogens (primary N) is 1. The van der Waals surface area contributed by atoms with Crippen molar-refractivity contribution in [2.75, 3.05) is 18.4 Å². The van der Waals surface area contributed by atoms with Crippen molar-refractivity contribution >= 4 is 16.7 Å². The van der Waals surface area contributed by atoms with Gasteiger partial charge in [-0.2, -0.15) is 4.37 Å². The Bertz CT molecular complexity index is 298. The summed E-state index contributed by atoms with van der Waals surface area (Å²) in [5, 5.41) is 4.24. The van der Waals surface area contributed by atoms with Gasteiger partial charge in [0.25, 0.3) is 0 Å². The van der Waals surface area contributed by atoms with Crippen molar-refractivity contribution in [3.8, 4) is 0 Å². The monoisotopic (exact) mass is 242 g/mol. The highest BCUT2D eigenvalue weighted by molar-refractivity contribution is 7.09. The van der Waals surface area contributed by atoms with E-state index in [0.717, 1.165) is 30.5 Å². The van der Waals surface area contributed by atoms with E-state index >= 15 is 0 Å². The molecule has 0 saturated heterocycles. The van der Waals surface area contributed by atoms with Crippen molar-refractivity contribution in [3.63, 3.8) is 0 Å². The minimum absolute atomic E-state index is 0.407. The van der Waals surface area contributed by atoms with Gasteiger partial charge in [-0.05, 0) is 25.3 Å². The molecule has 0 amide bonds. The largest absolute Gasteiger partial charge is 0.360 e. The zero-order valence-electron chi connectivity index (χ0n) is 10.4. The van der Waals surface area contributed by atoms with Gasteiger partial charge in [0.1, 0.15) is 5.82 Å². The van der Waals surface area contributed by atoms with Crippen molar-refractivity contribution in [3.05, 3.63) is 5.82 Å².